The Hall–Kier alpha value is -1.99. The van der Waals surface area contributed by atoms with Crippen molar-refractivity contribution < 1.29 is 4.79 Å². The van der Waals surface area contributed by atoms with Crippen molar-refractivity contribution in [2.24, 2.45) is 5.73 Å². The van der Waals surface area contributed by atoms with Crippen LogP contribution in [0.3, 0.4) is 0 Å². The number of carbonyl (C=O) groups excluding carboxylic acids is 1. The van der Waals surface area contributed by atoms with Crippen LogP contribution in [0.4, 0.5) is 0 Å². The molecule has 0 saturated heterocycles. The van der Waals surface area contributed by atoms with Gasteiger partial charge in [-0.1, -0.05) is 30.2 Å². The maximum atomic E-state index is 12.3. The molecule has 1 aliphatic rings. The Morgan fingerprint density at radius 2 is 2.00 bits per heavy atom. The zero-order chi connectivity index (χ0) is 16.3. The van der Waals surface area contributed by atoms with Gasteiger partial charge in [0.05, 0.1) is 17.5 Å². The second-order valence-corrected chi connectivity index (χ2v) is 6.12. The van der Waals surface area contributed by atoms with Gasteiger partial charge in [0.15, 0.2) is 0 Å². The van der Waals surface area contributed by atoms with E-state index in [9.17, 15) is 9.59 Å². The number of hydrogen-bond acceptors (Lipinski definition) is 5. The molecule has 1 aliphatic carbocycles. The number of nitrogens with zero attached hydrogens (tertiary/aromatic N) is 3. The number of nitrogens with one attached hydrogen (secondary N) is 1. The van der Waals surface area contributed by atoms with Crippen molar-refractivity contribution >= 4 is 29.2 Å². The summed E-state index contributed by atoms with van der Waals surface area (Å²) >= 11 is 0. The molecule has 0 radical (unpaired) electrons. The number of halogens is 1. The molecule has 1 amide bonds. The predicted molar refractivity (Wildman–Crippen MR) is 94.1 cm³/mol. The Labute approximate surface area is 146 Å². The van der Waals surface area contributed by atoms with Gasteiger partial charge in [-0.15, -0.1) is 17.5 Å². The summed E-state index contributed by atoms with van der Waals surface area (Å²) in [6.07, 6.45) is 4.21. The molecule has 3 rings (SSSR count). The Bertz CT molecular complexity index is 770. The molecule has 0 bridgehead atoms. The monoisotopic (exact) mass is 351 g/mol. The van der Waals surface area contributed by atoms with E-state index >= 15 is 0 Å². The van der Waals surface area contributed by atoms with E-state index < -0.39 is 0 Å². The second kappa shape index (κ2) is 7.72. The van der Waals surface area contributed by atoms with Crippen LogP contribution in [0.25, 0.3) is 10.9 Å². The third-order valence-electron chi connectivity index (χ3n) is 4.54. The molecule has 2 aromatic rings. The van der Waals surface area contributed by atoms with Gasteiger partial charge in [-0.3, -0.25) is 9.59 Å². The Balaban J connectivity index is 0.00000208. The number of aryl methyl sites for hydroxylation is 1. The first-order chi connectivity index (χ1) is 11.1. The third kappa shape index (κ3) is 3.73. The van der Waals surface area contributed by atoms with Crippen molar-refractivity contribution in [2.45, 2.75) is 44.2 Å². The van der Waals surface area contributed by atoms with E-state index in [-0.39, 0.29) is 42.4 Å². The summed E-state index contributed by atoms with van der Waals surface area (Å²) in [5, 5.41) is 11.5. The molecule has 1 heterocycles. The summed E-state index contributed by atoms with van der Waals surface area (Å²) < 4.78 is 1.24. The molecule has 1 aromatic heterocycles. The van der Waals surface area contributed by atoms with Crippen LogP contribution in [0.15, 0.2) is 29.1 Å². The van der Waals surface area contributed by atoms with Gasteiger partial charge in [0.1, 0.15) is 5.52 Å². The summed E-state index contributed by atoms with van der Waals surface area (Å²) in [4.78, 5) is 24.5. The first-order valence-corrected chi connectivity index (χ1v) is 7.97. The number of amides is 1. The highest BCUT2D eigenvalue weighted by Crippen LogP contribution is 2.28. The SMILES string of the molecule is Cl.NCC1(NC(=O)CCn2nnc3ccccc3c2=O)CCCC1. The second-order valence-electron chi connectivity index (χ2n) is 6.12. The predicted octanol–water partition coefficient (Wildman–Crippen LogP) is 0.991. The summed E-state index contributed by atoms with van der Waals surface area (Å²) in [6, 6.07) is 7.05. The lowest BCUT2D eigenvalue weighted by molar-refractivity contribution is -0.123. The van der Waals surface area contributed by atoms with Crippen molar-refractivity contribution in [3.8, 4) is 0 Å². The van der Waals surface area contributed by atoms with Gasteiger partial charge in [0.2, 0.25) is 5.91 Å². The van der Waals surface area contributed by atoms with Crippen LogP contribution in [0, 0.1) is 0 Å². The number of rotatable bonds is 5. The first kappa shape index (κ1) is 18.4. The van der Waals surface area contributed by atoms with E-state index in [0.29, 0.717) is 17.4 Å². The summed E-state index contributed by atoms with van der Waals surface area (Å²) in [7, 11) is 0. The average molecular weight is 352 g/mol. The number of hydrogen-bond donors (Lipinski definition) is 2. The molecular formula is C16H22ClN5O2. The molecule has 1 saturated carbocycles. The van der Waals surface area contributed by atoms with Gasteiger partial charge < -0.3 is 11.1 Å². The van der Waals surface area contributed by atoms with Crippen LogP contribution in [-0.4, -0.2) is 33.0 Å². The van der Waals surface area contributed by atoms with Gasteiger partial charge >= 0.3 is 0 Å². The smallest absolute Gasteiger partial charge is 0.277 e. The van der Waals surface area contributed by atoms with Crippen molar-refractivity contribution in [2.75, 3.05) is 6.54 Å². The fraction of sp³-hybridized carbons (Fsp3) is 0.500. The number of carbonyl (C=O) groups is 1. The molecule has 24 heavy (non-hydrogen) atoms. The molecule has 0 spiro atoms. The van der Waals surface area contributed by atoms with Crippen molar-refractivity contribution in [1.29, 1.82) is 0 Å². The minimum atomic E-state index is -0.267. The summed E-state index contributed by atoms with van der Waals surface area (Å²) in [5.41, 5.74) is 5.89. The lowest BCUT2D eigenvalue weighted by Crippen LogP contribution is -2.51. The molecule has 0 atom stereocenters. The lowest BCUT2D eigenvalue weighted by atomic mass is 9.97. The Kier molecular flexibility index (Phi) is 5.90. The lowest BCUT2D eigenvalue weighted by Gasteiger charge is -2.28. The minimum Gasteiger partial charge on any atom is -0.349 e. The van der Waals surface area contributed by atoms with E-state index in [1.165, 1.54) is 4.68 Å². The Morgan fingerprint density at radius 3 is 2.71 bits per heavy atom. The number of nitrogens with two attached hydrogens (primary N) is 1. The maximum Gasteiger partial charge on any atom is 0.277 e. The van der Waals surface area contributed by atoms with E-state index in [1.807, 2.05) is 6.07 Å². The maximum absolute atomic E-state index is 12.3. The summed E-state index contributed by atoms with van der Waals surface area (Å²) in [5.74, 6) is -0.0980. The highest BCUT2D eigenvalue weighted by Gasteiger charge is 2.33. The van der Waals surface area contributed by atoms with E-state index in [4.69, 9.17) is 5.73 Å². The van der Waals surface area contributed by atoms with E-state index in [0.717, 1.165) is 25.7 Å². The molecule has 8 heteroatoms. The van der Waals surface area contributed by atoms with Crippen LogP contribution in [-0.2, 0) is 11.3 Å². The topological polar surface area (TPSA) is 103 Å². The third-order valence-corrected chi connectivity index (χ3v) is 4.54. The van der Waals surface area contributed by atoms with Gasteiger partial charge in [0.25, 0.3) is 5.56 Å². The van der Waals surface area contributed by atoms with Crippen molar-refractivity contribution in [3.05, 3.63) is 34.6 Å². The van der Waals surface area contributed by atoms with Crippen molar-refractivity contribution in [1.82, 2.24) is 20.3 Å². The van der Waals surface area contributed by atoms with Crippen LogP contribution in [0.5, 0.6) is 0 Å². The van der Waals surface area contributed by atoms with E-state index in [2.05, 4.69) is 15.6 Å². The zero-order valence-electron chi connectivity index (χ0n) is 13.4. The van der Waals surface area contributed by atoms with Gasteiger partial charge in [-0.25, -0.2) is 4.68 Å². The molecule has 0 aliphatic heterocycles. The highest BCUT2D eigenvalue weighted by molar-refractivity contribution is 5.85. The van der Waals surface area contributed by atoms with Crippen molar-refractivity contribution in [3.63, 3.8) is 0 Å². The van der Waals surface area contributed by atoms with Gasteiger partial charge in [-0.2, -0.15) is 0 Å². The molecule has 130 valence electrons. The molecule has 1 aromatic carbocycles. The number of benzene rings is 1. The molecule has 7 nitrogen and oxygen atoms in total. The van der Waals surface area contributed by atoms with E-state index in [1.54, 1.807) is 18.2 Å². The largest absolute Gasteiger partial charge is 0.349 e. The average Bonchev–Trinajstić information content (AvgIpc) is 3.03. The number of fused-ring (bicyclic) bond motifs is 1. The first-order valence-electron chi connectivity index (χ1n) is 7.97. The molecule has 0 unspecified atom stereocenters. The zero-order valence-corrected chi connectivity index (χ0v) is 14.2. The molecular weight excluding hydrogens is 330 g/mol. The quantitative estimate of drug-likeness (QED) is 0.836. The molecule has 3 N–H and O–H groups in total. The Morgan fingerprint density at radius 1 is 1.29 bits per heavy atom. The standard InChI is InChI=1S/C16H21N5O2.ClH/c17-11-16(8-3-4-9-16)18-14(22)7-10-21-15(23)12-5-1-2-6-13(12)19-20-21;/h1-2,5-6H,3-4,7-11,17H2,(H,18,22);1H. The molecule has 1 fully saturated rings. The fourth-order valence-electron chi connectivity index (χ4n) is 3.17. The van der Waals surface area contributed by atoms with Gasteiger partial charge in [0, 0.05) is 13.0 Å². The number of aromatic nitrogens is 3. The van der Waals surface area contributed by atoms with Crippen LogP contribution < -0.4 is 16.6 Å². The van der Waals surface area contributed by atoms with Crippen LogP contribution in [0.2, 0.25) is 0 Å². The van der Waals surface area contributed by atoms with Gasteiger partial charge in [-0.05, 0) is 25.0 Å². The van der Waals surface area contributed by atoms with Crippen LogP contribution >= 0.6 is 12.4 Å². The highest BCUT2D eigenvalue weighted by atomic mass is 35.5. The minimum absolute atomic E-state index is 0. The van der Waals surface area contributed by atoms with Crippen LogP contribution in [0.1, 0.15) is 32.1 Å². The normalized spacial score (nSPS) is 15.9. The fourth-order valence-corrected chi connectivity index (χ4v) is 3.17. The summed E-state index contributed by atoms with van der Waals surface area (Å²) in [6.45, 7) is 0.664.